The third-order valence-corrected chi connectivity index (χ3v) is 2.23. The van der Waals surface area contributed by atoms with Crippen LogP contribution in [0.4, 0.5) is 13.2 Å². The van der Waals surface area contributed by atoms with E-state index in [1.165, 1.54) is 12.1 Å². The van der Waals surface area contributed by atoms with E-state index >= 15 is 0 Å². The molecule has 0 atom stereocenters. The van der Waals surface area contributed by atoms with Crippen LogP contribution in [0.3, 0.4) is 0 Å². The maximum absolute atomic E-state index is 12.4. The summed E-state index contributed by atoms with van der Waals surface area (Å²) in [7, 11) is 0. The number of amides is 1. The molecule has 1 aromatic heterocycles. The van der Waals surface area contributed by atoms with Crippen molar-refractivity contribution >= 4 is 17.5 Å². The highest BCUT2D eigenvalue weighted by molar-refractivity contribution is 6.29. The van der Waals surface area contributed by atoms with Gasteiger partial charge < -0.3 is 9.32 Å². The summed E-state index contributed by atoms with van der Waals surface area (Å²) in [6, 6.07) is 2.57. The van der Waals surface area contributed by atoms with Crippen LogP contribution in [-0.2, 0) is 0 Å². The number of carbonyl (C=O) groups is 1. The lowest BCUT2D eigenvalue weighted by Crippen LogP contribution is -2.40. The van der Waals surface area contributed by atoms with Crippen molar-refractivity contribution in [2.75, 3.05) is 13.1 Å². The van der Waals surface area contributed by atoms with Crippen LogP contribution < -0.4 is 0 Å². The molecular weight excluding hydrogens is 271 g/mol. The second kappa shape index (κ2) is 5.65. The van der Waals surface area contributed by atoms with Crippen LogP contribution in [0.5, 0.6) is 0 Å². The molecule has 1 rings (SSSR count). The van der Waals surface area contributed by atoms with Gasteiger partial charge in [0.25, 0.3) is 5.91 Å². The highest BCUT2D eigenvalue weighted by atomic mass is 35.5. The number of furan rings is 1. The lowest BCUT2D eigenvalue weighted by molar-refractivity contribution is -0.141. The molecule has 1 aromatic rings. The zero-order chi connectivity index (χ0) is 13.9. The lowest BCUT2D eigenvalue weighted by Gasteiger charge is -2.24. The first-order valence-corrected chi connectivity index (χ1v) is 5.68. The van der Waals surface area contributed by atoms with E-state index in [0.29, 0.717) is 4.90 Å². The van der Waals surface area contributed by atoms with Crippen LogP contribution >= 0.6 is 11.6 Å². The van der Waals surface area contributed by atoms with Gasteiger partial charge in [-0.05, 0) is 29.7 Å². The fraction of sp³-hybridized carbons (Fsp3) is 0.545. The highest BCUT2D eigenvalue weighted by Gasteiger charge is 2.34. The molecule has 0 fully saturated rings. The first-order chi connectivity index (χ1) is 8.19. The van der Waals surface area contributed by atoms with E-state index in [-0.39, 0.29) is 23.4 Å². The molecule has 0 N–H and O–H groups in total. The van der Waals surface area contributed by atoms with E-state index in [0.717, 1.165) is 0 Å². The second-order valence-corrected chi connectivity index (χ2v) is 4.67. The minimum Gasteiger partial charge on any atom is -0.440 e. The van der Waals surface area contributed by atoms with Crippen LogP contribution in [0.1, 0.15) is 24.4 Å². The van der Waals surface area contributed by atoms with E-state index in [1.54, 1.807) is 13.8 Å². The Balaban J connectivity index is 2.85. The minimum atomic E-state index is -4.44. The Morgan fingerprint density at radius 2 is 2.06 bits per heavy atom. The highest BCUT2D eigenvalue weighted by Crippen LogP contribution is 2.21. The Kier molecular flexibility index (Phi) is 4.67. The Morgan fingerprint density at radius 1 is 1.44 bits per heavy atom. The van der Waals surface area contributed by atoms with Gasteiger partial charge in [-0.3, -0.25) is 4.79 Å². The van der Waals surface area contributed by atoms with Gasteiger partial charge in [-0.15, -0.1) is 0 Å². The van der Waals surface area contributed by atoms with Gasteiger partial charge in [-0.25, -0.2) is 0 Å². The van der Waals surface area contributed by atoms with Crippen LogP contribution in [0.2, 0.25) is 5.22 Å². The van der Waals surface area contributed by atoms with E-state index in [9.17, 15) is 18.0 Å². The third kappa shape index (κ3) is 4.60. The molecule has 102 valence electrons. The summed E-state index contributed by atoms with van der Waals surface area (Å²) in [6.07, 6.45) is -4.44. The molecule has 0 bridgehead atoms. The van der Waals surface area contributed by atoms with Crippen LogP contribution in [0.15, 0.2) is 16.5 Å². The Morgan fingerprint density at radius 3 is 2.44 bits per heavy atom. The summed E-state index contributed by atoms with van der Waals surface area (Å²) in [4.78, 5) is 12.6. The van der Waals surface area contributed by atoms with Gasteiger partial charge in [0.1, 0.15) is 6.54 Å². The zero-order valence-electron chi connectivity index (χ0n) is 9.92. The van der Waals surface area contributed by atoms with Gasteiger partial charge in [0.05, 0.1) is 0 Å². The molecule has 18 heavy (non-hydrogen) atoms. The molecule has 0 saturated carbocycles. The molecule has 0 spiro atoms. The summed E-state index contributed by atoms with van der Waals surface area (Å²) >= 11 is 5.49. The SMILES string of the molecule is CC(C)CN(CC(F)(F)F)C(=O)c1ccc(Cl)o1. The number of halogens is 4. The fourth-order valence-corrected chi connectivity index (χ4v) is 1.61. The van der Waals surface area contributed by atoms with Gasteiger partial charge in [-0.1, -0.05) is 13.8 Å². The van der Waals surface area contributed by atoms with Crippen molar-refractivity contribution in [3.05, 3.63) is 23.1 Å². The zero-order valence-corrected chi connectivity index (χ0v) is 10.7. The Hall–Kier alpha value is -1.17. The molecule has 0 unspecified atom stereocenters. The van der Waals surface area contributed by atoms with Crippen molar-refractivity contribution in [3.63, 3.8) is 0 Å². The van der Waals surface area contributed by atoms with E-state index in [2.05, 4.69) is 0 Å². The molecule has 0 aromatic carbocycles. The molecule has 7 heteroatoms. The maximum atomic E-state index is 12.4. The van der Waals surface area contributed by atoms with E-state index in [1.807, 2.05) is 0 Å². The van der Waals surface area contributed by atoms with Gasteiger partial charge >= 0.3 is 6.18 Å². The quantitative estimate of drug-likeness (QED) is 0.846. The predicted molar refractivity (Wildman–Crippen MR) is 60.5 cm³/mol. The summed E-state index contributed by atoms with van der Waals surface area (Å²) in [5.41, 5.74) is 0. The number of nitrogens with zero attached hydrogens (tertiary/aromatic N) is 1. The smallest absolute Gasteiger partial charge is 0.406 e. The molecular formula is C11H13ClF3NO2. The molecule has 0 saturated heterocycles. The minimum absolute atomic E-state index is 0.00331. The summed E-state index contributed by atoms with van der Waals surface area (Å²) in [5.74, 6) is -1.08. The van der Waals surface area contributed by atoms with Gasteiger partial charge in [0.15, 0.2) is 11.0 Å². The largest absolute Gasteiger partial charge is 0.440 e. The van der Waals surface area contributed by atoms with Crippen molar-refractivity contribution < 1.29 is 22.4 Å². The van der Waals surface area contributed by atoms with Gasteiger partial charge in [0, 0.05) is 6.54 Å². The van der Waals surface area contributed by atoms with Crippen molar-refractivity contribution in [3.8, 4) is 0 Å². The predicted octanol–water partition coefficient (Wildman–Crippen LogP) is 3.59. The van der Waals surface area contributed by atoms with E-state index < -0.39 is 18.6 Å². The summed E-state index contributed by atoms with van der Waals surface area (Å²) < 4.78 is 42.0. The second-order valence-electron chi connectivity index (χ2n) is 4.30. The number of hydrogen-bond donors (Lipinski definition) is 0. The van der Waals surface area contributed by atoms with Crippen molar-refractivity contribution in [1.82, 2.24) is 4.90 Å². The molecule has 1 amide bonds. The Bertz CT molecular complexity index is 415. The monoisotopic (exact) mass is 283 g/mol. The van der Waals surface area contributed by atoms with Crippen molar-refractivity contribution in [1.29, 1.82) is 0 Å². The summed E-state index contributed by atoms with van der Waals surface area (Å²) in [6.45, 7) is 2.15. The van der Waals surface area contributed by atoms with E-state index in [4.69, 9.17) is 16.0 Å². The first kappa shape index (κ1) is 14.9. The molecule has 0 radical (unpaired) electrons. The molecule has 3 nitrogen and oxygen atoms in total. The number of carbonyl (C=O) groups excluding carboxylic acids is 1. The maximum Gasteiger partial charge on any atom is 0.406 e. The number of rotatable bonds is 4. The van der Waals surface area contributed by atoms with Crippen molar-refractivity contribution in [2.24, 2.45) is 5.92 Å². The lowest BCUT2D eigenvalue weighted by atomic mass is 10.2. The van der Waals surface area contributed by atoms with Crippen LogP contribution in [-0.4, -0.2) is 30.1 Å². The van der Waals surface area contributed by atoms with Crippen molar-refractivity contribution in [2.45, 2.75) is 20.0 Å². The van der Waals surface area contributed by atoms with Gasteiger partial charge in [-0.2, -0.15) is 13.2 Å². The first-order valence-electron chi connectivity index (χ1n) is 5.30. The number of hydrogen-bond acceptors (Lipinski definition) is 2. The molecule has 1 heterocycles. The Labute approximate surface area is 108 Å². The molecule has 0 aliphatic heterocycles. The molecule has 0 aliphatic carbocycles. The normalized spacial score (nSPS) is 11.9. The van der Waals surface area contributed by atoms with Crippen LogP contribution in [0, 0.1) is 5.92 Å². The average molecular weight is 284 g/mol. The average Bonchev–Trinajstić information content (AvgIpc) is 2.59. The topological polar surface area (TPSA) is 33.5 Å². The third-order valence-electron chi connectivity index (χ3n) is 2.03. The molecule has 0 aliphatic rings. The number of alkyl halides is 3. The standard InChI is InChI=1S/C11H13ClF3NO2/c1-7(2)5-16(6-11(13,14)15)10(17)8-3-4-9(12)18-8/h3-4,7H,5-6H2,1-2H3. The van der Waals surface area contributed by atoms with Gasteiger partial charge in [0.2, 0.25) is 0 Å². The summed E-state index contributed by atoms with van der Waals surface area (Å²) in [5, 5.41) is -0.0325. The van der Waals surface area contributed by atoms with Crippen LogP contribution in [0.25, 0.3) is 0 Å². The fourth-order valence-electron chi connectivity index (χ4n) is 1.46.